The molecule has 0 bridgehead atoms. The number of ether oxygens (including phenoxy) is 2. The van der Waals surface area contributed by atoms with Crippen molar-refractivity contribution in [3.8, 4) is 17.2 Å². The molecule has 1 aliphatic heterocycles. The standard InChI is InChI=1S/C36H30ClN3O6S2/c1-3-45-29-18-24(13-16-28(29)41)31-30(32(42)23-11-14-26(15-12-23)46-19-22-8-6-7-21(2)17-22)33(43)34(44)40(31)35-38-39-36(48-35)47-20-25-9-4-5-10-27(25)37/h4-18,31,41-42H,3,19-20H2,1-2H3. The number of aliphatic hydroxyl groups excluding tert-OH is 1. The number of benzene rings is 4. The minimum atomic E-state index is -1.09. The maximum absolute atomic E-state index is 13.7. The Bertz CT molecular complexity index is 2010. The van der Waals surface area contributed by atoms with E-state index in [-0.39, 0.29) is 34.6 Å². The lowest BCUT2D eigenvalue weighted by atomic mass is 9.95. The Balaban J connectivity index is 1.34. The van der Waals surface area contributed by atoms with Gasteiger partial charge in [0.25, 0.3) is 5.78 Å². The van der Waals surface area contributed by atoms with Crippen molar-refractivity contribution in [2.24, 2.45) is 0 Å². The molecular formula is C36H30ClN3O6S2. The molecule has 48 heavy (non-hydrogen) atoms. The number of carbonyl (C=O) groups excluding carboxylic acids is 2. The number of Topliss-reactive ketones (excluding diaryl/α,β-unsaturated/α-hetero) is 1. The minimum absolute atomic E-state index is 0.104. The highest BCUT2D eigenvalue weighted by Gasteiger charge is 2.48. The van der Waals surface area contributed by atoms with Crippen LogP contribution >= 0.6 is 34.7 Å². The average Bonchev–Trinajstić information content (AvgIpc) is 3.66. The number of hydrogen-bond acceptors (Lipinski definition) is 10. The summed E-state index contributed by atoms with van der Waals surface area (Å²) in [6.45, 7) is 4.42. The molecule has 0 spiro atoms. The molecule has 12 heteroatoms. The number of phenolic OH excluding ortho intramolecular Hbond substituents is 1. The lowest BCUT2D eigenvalue weighted by Gasteiger charge is -2.23. The second kappa shape index (κ2) is 14.5. The van der Waals surface area contributed by atoms with E-state index in [4.69, 9.17) is 21.1 Å². The van der Waals surface area contributed by atoms with E-state index in [0.717, 1.165) is 28.0 Å². The van der Waals surface area contributed by atoms with Gasteiger partial charge in [0.05, 0.1) is 18.2 Å². The van der Waals surface area contributed by atoms with Crippen LogP contribution in [-0.2, 0) is 21.9 Å². The van der Waals surface area contributed by atoms with Gasteiger partial charge in [0.1, 0.15) is 18.1 Å². The van der Waals surface area contributed by atoms with Crippen LogP contribution in [0.4, 0.5) is 5.13 Å². The van der Waals surface area contributed by atoms with Crippen LogP contribution in [0.3, 0.4) is 0 Å². The van der Waals surface area contributed by atoms with Gasteiger partial charge in [-0.3, -0.25) is 14.5 Å². The number of amides is 1. The fourth-order valence-corrected chi connectivity index (χ4v) is 7.42. The van der Waals surface area contributed by atoms with E-state index >= 15 is 0 Å². The van der Waals surface area contributed by atoms with Gasteiger partial charge in [0.2, 0.25) is 5.13 Å². The van der Waals surface area contributed by atoms with E-state index < -0.39 is 17.7 Å². The van der Waals surface area contributed by atoms with E-state index in [1.807, 2.05) is 55.5 Å². The lowest BCUT2D eigenvalue weighted by molar-refractivity contribution is -0.132. The van der Waals surface area contributed by atoms with Crippen LogP contribution in [0, 0.1) is 6.92 Å². The number of anilines is 1. The first kappa shape index (κ1) is 33.1. The second-order valence-electron chi connectivity index (χ2n) is 10.9. The molecule has 1 amide bonds. The first-order chi connectivity index (χ1) is 23.2. The molecule has 1 aliphatic rings. The maximum atomic E-state index is 13.7. The number of rotatable bonds is 11. The summed E-state index contributed by atoms with van der Waals surface area (Å²) >= 11 is 8.86. The molecule has 9 nitrogen and oxygen atoms in total. The number of aromatic hydroxyl groups is 1. The molecule has 5 aromatic rings. The Morgan fingerprint density at radius 3 is 2.52 bits per heavy atom. The highest BCUT2D eigenvalue weighted by atomic mass is 35.5. The zero-order chi connectivity index (χ0) is 33.8. The summed E-state index contributed by atoms with van der Waals surface area (Å²) < 4.78 is 12.1. The van der Waals surface area contributed by atoms with Crippen LogP contribution in [0.15, 0.2) is 101 Å². The van der Waals surface area contributed by atoms with Gasteiger partial charge >= 0.3 is 5.91 Å². The quantitative estimate of drug-likeness (QED) is 0.0463. The van der Waals surface area contributed by atoms with Crippen molar-refractivity contribution >= 4 is 57.3 Å². The van der Waals surface area contributed by atoms with Crippen LogP contribution in [0.25, 0.3) is 5.76 Å². The van der Waals surface area contributed by atoms with Gasteiger partial charge in [0, 0.05) is 16.3 Å². The first-order valence-electron chi connectivity index (χ1n) is 15.0. The molecule has 244 valence electrons. The number of ketones is 1. The maximum Gasteiger partial charge on any atom is 0.301 e. The molecule has 1 fully saturated rings. The summed E-state index contributed by atoms with van der Waals surface area (Å²) in [5.74, 6) is -0.961. The number of halogens is 1. The Morgan fingerprint density at radius 1 is 0.979 bits per heavy atom. The molecule has 4 aromatic carbocycles. The molecule has 0 aliphatic carbocycles. The highest BCUT2D eigenvalue weighted by Crippen LogP contribution is 2.45. The Kier molecular flexibility index (Phi) is 10.00. The third-order valence-corrected chi connectivity index (χ3v) is 10.0. The molecular weight excluding hydrogens is 670 g/mol. The minimum Gasteiger partial charge on any atom is -0.507 e. The van der Waals surface area contributed by atoms with Crippen molar-refractivity contribution in [3.63, 3.8) is 0 Å². The van der Waals surface area contributed by atoms with Crippen molar-refractivity contribution in [2.45, 2.75) is 36.6 Å². The summed E-state index contributed by atoms with van der Waals surface area (Å²) in [5, 5.41) is 31.3. The molecule has 1 saturated heterocycles. The van der Waals surface area contributed by atoms with Gasteiger partial charge in [-0.1, -0.05) is 88.8 Å². The van der Waals surface area contributed by atoms with Crippen LogP contribution in [0.2, 0.25) is 5.02 Å². The molecule has 1 aromatic heterocycles. The topological polar surface area (TPSA) is 122 Å². The van der Waals surface area contributed by atoms with Crippen LogP contribution in [0.1, 0.15) is 40.8 Å². The normalized spacial score (nSPS) is 15.6. The number of aromatic nitrogens is 2. The van der Waals surface area contributed by atoms with Gasteiger partial charge in [0.15, 0.2) is 15.8 Å². The number of phenols is 1. The summed E-state index contributed by atoms with van der Waals surface area (Å²) in [6, 6.07) is 25.6. The van der Waals surface area contributed by atoms with Crippen molar-refractivity contribution in [1.82, 2.24) is 10.2 Å². The van der Waals surface area contributed by atoms with Crippen LogP contribution in [0.5, 0.6) is 17.2 Å². The molecule has 1 unspecified atom stereocenters. The molecule has 0 saturated carbocycles. The van der Waals surface area contributed by atoms with Crippen LogP contribution < -0.4 is 14.4 Å². The van der Waals surface area contributed by atoms with Crippen molar-refractivity contribution < 1.29 is 29.3 Å². The van der Waals surface area contributed by atoms with Gasteiger partial charge < -0.3 is 19.7 Å². The van der Waals surface area contributed by atoms with Gasteiger partial charge in [-0.15, -0.1) is 10.2 Å². The summed E-state index contributed by atoms with van der Waals surface area (Å²) in [7, 11) is 0. The number of aliphatic hydroxyl groups is 1. The van der Waals surface area contributed by atoms with E-state index in [2.05, 4.69) is 10.2 Å². The first-order valence-corrected chi connectivity index (χ1v) is 17.2. The third-order valence-electron chi connectivity index (χ3n) is 7.57. The molecule has 2 N–H and O–H groups in total. The summed E-state index contributed by atoms with van der Waals surface area (Å²) in [4.78, 5) is 28.6. The largest absolute Gasteiger partial charge is 0.507 e. The fourth-order valence-electron chi connectivity index (χ4n) is 5.26. The van der Waals surface area contributed by atoms with Crippen molar-refractivity contribution in [1.29, 1.82) is 0 Å². The SMILES string of the molecule is CCOc1cc(C2C(=C(O)c3ccc(OCc4cccc(C)c4)cc3)C(=O)C(=O)N2c2nnc(SCc3ccccc3Cl)s2)ccc1O. The van der Waals surface area contributed by atoms with Crippen molar-refractivity contribution in [3.05, 3.63) is 129 Å². The summed E-state index contributed by atoms with van der Waals surface area (Å²) in [5.41, 5.74) is 3.67. The van der Waals surface area contributed by atoms with Gasteiger partial charge in [-0.2, -0.15) is 0 Å². The Hall–Kier alpha value is -4.84. The van der Waals surface area contributed by atoms with E-state index in [1.165, 1.54) is 22.7 Å². The summed E-state index contributed by atoms with van der Waals surface area (Å²) in [6.07, 6.45) is 0. The van der Waals surface area contributed by atoms with E-state index in [1.54, 1.807) is 43.3 Å². The van der Waals surface area contributed by atoms with E-state index in [9.17, 15) is 19.8 Å². The number of thioether (sulfide) groups is 1. The zero-order valence-electron chi connectivity index (χ0n) is 25.9. The predicted molar refractivity (Wildman–Crippen MR) is 187 cm³/mol. The monoisotopic (exact) mass is 699 g/mol. The Morgan fingerprint density at radius 2 is 1.77 bits per heavy atom. The number of hydrogen-bond donors (Lipinski definition) is 2. The number of carbonyl (C=O) groups is 2. The third kappa shape index (κ3) is 7.03. The lowest BCUT2D eigenvalue weighted by Crippen LogP contribution is -2.29. The van der Waals surface area contributed by atoms with E-state index in [0.29, 0.717) is 38.6 Å². The Labute approximate surface area is 290 Å². The zero-order valence-corrected chi connectivity index (χ0v) is 28.3. The molecule has 0 radical (unpaired) electrons. The average molecular weight is 700 g/mol. The van der Waals surface area contributed by atoms with Crippen molar-refractivity contribution in [2.75, 3.05) is 11.5 Å². The molecule has 1 atom stereocenters. The predicted octanol–water partition coefficient (Wildman–Crippen LogP) is 8.10. The number of nitrogens with zero attached hydrogens (tertiary/aromatic N) is 3. The highest BCUT2D eigenvalue weighted by molar-refractivity contribution is 8.00. The molecule has 6 rings (SSSR count). The van der Waals surface area contributed by atoms with Crippen LogP contribution in [-0.4, -0.2) is 38.7 Å². The van der Waals surface area contributed by atoms with Gasteiger partial charge in [-0.05, 0) is 73.0 Å². The smallest absolute Gasteiger partial charge is 0.301 e. The van der Waals surface area contributed by atoms with Gasteiger partial charge in [-0.25, -0.2) is 0 Å². The second-order valence-corrected chi connectivity index (χ2v) is 13.4. The fraction of sp³-hybridized carbons (Fsp3) is 0.167. The number of aryl methyl sites for hydroxylation is 1. The molecule has 2 heterocycles.